The molecule has 0 saturated carbocycles. The molecule has 0 radical (unpaired) electrons. The molecule has 1 atom stereocenters. The van der Waals surface area contributed by atoms with E-state index in [0.717, 1.165) is 24.8 Å². The van der Waals surface area contributed by atoms with Gasteiger partial charge < -0.3 is 11.1 Å². The van der Waals surface area contributed by atoms with E-state index < -0.39 is 5.91 Å². The lowest BCUT2D eigenvalue weighted by molar-refractivity contribution is 0.1000. The largest absolute Gasteiger partial charge is 0.365 e. The van der Waals surface area contributed by atoms with Crippen LogP contribution in [0.15, 0.2) is 24.5 Å². The zero-order valence-electron chi connectivity index (χ0n) is 14.8. The lowest BCUT2D eigenvalue weighted by Gasteiger charge is -2.33. The maximum atomic E-state index is 12.4. The molecule has 1 aliphatic rings. The van der Waals surface area contributed by atoms with Crippen molar-refractivity contribution in [1.82, 2.24) is 4.98 Å². The number of anilines is 1. The molecule has 6 heteroatoms. The highest BCUT2D eigenvalue weighted by molar-refractivity contribution is 7.17. The Morgan fingerprint density at radius 2 is 1.96 bits per heavy atom. The number of fused-ring (bicyclic) bond motifs is 1. The third-order valence-electron chi connectivity index (χ3n) is 4.91. The van der Waals surface area contributed by atoms with Gasteiger partial charge in [-0.15, -0.1) is 11.3 Å². The van der Waals surface area contributed by atoms with Gasteiger partial charge in [0.05, 0.1) is 5.56 Å². The molecule has 0 saturated heterocycles. The summed E-state index contributed by atoms with van der Waals surface area (Å²) in [6.45, 7) is 6.74. The zero-order valence-corrected chi connectivity index (χ0v) is 15.6. The molecule has 0 bridgehead atoms. The van der Waals surface area contributed by atoms with Gasteiger partial charge in [0.25, 0.3) is 11.8 Å². The van der Waals surface area contributed by atoms with E-state index in [1.807, 2.05) is 0 Å². The molecule has 5 nitrogen and oxygen atoms in total. The van der Waals surface area contributed by atoms with E-state index in [1.54, 1.807) is 24.5 Å². The SMILES string of the molecule is CC(C)(C)[C@@H]1CCc2c(sc(NC(=O)c3ccncc3)c2C(N)=O)C1. The molecule has 2 amide bonds. The molecule has 2 heterocycles. The Morgan fingerprint density at radius 1 is 1.28 bits per heavy atom. The summed E-state index contributed by atoms with van der Waals surface area (Å²) in [6, 6.07) is 3.28. The maximum absolute atomic E-state index is 12.4. The van der Waals surface area contributed by atoms with Crippen molar-refractivity contribution >= 4 is 28.2 Å². The second kappa shape index (κ2) is 6.59. The predicted molar refractivity (Wildman–Crippen MR) is 100.0 cm³/mol. The minimum atomic E-state index is -0.475. The number of hydrogen-bond donors (Lipinski definition) is 2. The third-order valence-corrected chi connectivity index (χ3v) is 6.08. The van der Waals surface area contributed by atoms with Crippen LogP contribution in [-0.4, -0.2) is 16.8 Å². The Labute approximate surface area is 151 Å². The average Bonchev–Trinajstić information content (AvgIpc) is 2.91. The first-order chi connectivity index (χ1) is 11.8. The van der Waals surface area contributed by atoms with Crippen LogP contribution in [-0.2, 0) is 12.8 Å². The molecule has 3 N–H and O–H groups in total. The van der Waals surface area contributed by atoms with Crippen LogP contribution in [0.3, 0.4) is 0 Å². The molecule has 3 rings (SSSR count). The topological polar surface area (TPSA) is 85.1 Å². The summed E-state index contributed by atoms with van der Waals surface area (Å²) in [4.78, 5) is 29.5. The molecule has 0 aromatic carbocycles. The maximum Gasteiger partial charge on any atom is 0.256 e. The quantitative estimate of drug-likeness (QED) is 0.879. The van der Waals surface area contributed by atoms with E-state index in [0.29, 0.717) is 22.0 Å². The van der Waals surface area contributed by atoms with Crippen LogP contribution >= 0.6 is 11.3 Å². The number of rotatable bonds is 3. The number of pyridine rings is 1. The molecule has 0 spiro atoms. The van der Waals surface area contributed by atoms with Gasteiger partial charge >= 0.3 is 0 Å². The number of thiophene rings is 1. The molecule has 0 unspecified atom stereocenters. The van der Waals surface area contributed by atoms with E-state index in [1.165, 1.54) is 16.2 Å². The van der Waals surface area contributed by atoms with Gasteiger partial charge in [-0.25, -0.2) is 0 Å². The molecular formula is C19H23N3O2S. The number of nitrogens with two attached hydrogens (primary N) is 1. The standard InChI is InChI=1S/C19H23N3O2S/c1-19(2,3)12-4-5-13-14(10-12)25-18(15(13)16(20)23)22-17(24)11-6-8-21-9-7-11/h6-9,12H,4-5,10H2,1-3H3,(H2,20,23)(H,22,24)/t12-/m1/s1. The van der Waals surface area contributed by atoms with Gasteiger partial charge in [0.1, 0.15) is 5.00 Å². The summed E-state index contributed by atoms with van der Waals surface area (Å²) in [5.41, 5.74) is 7.84. The Kier molecular flexibility index (Phi) is 4.64. The molecule has 25 heavy (non-hydrogen) atoms. The molecule has 2 aromatic heterocycles. The minimum absolute atomic E-state index is 0.217. The smallest absolute Gasteiger partial charge is 0.256 e. The average molecular weight is 357 g/mol. The van der Waals surface area contributed by atoms with Crippen molar-refractivity contribution < 1.29 is 9.59 Å². The Hall–Kier alpha value is -2.21. The third kappa shape index (κ3) is 3.58. The molecule has 2 aromatic rings. The van der Waals surface area contributed by atoms with Crippen molar-refractivity contribution in [3.63, 3.8) is 0 Å². The fourth-order valence-electron chi connectivity index (χ4n) is 3.35. The number of aromatic nitrogens is 1. The second-order valence-electron chi connectivity index (χ2n) is 7.57. The van der Waals surface area contributed by atoms with Crippen LogP contribution < -0.4 is 11.1 Å². The highest BCUT2D eigenvalue weighted by Crippen LogP contribution is 2.44. The number of nitrogens with one attached hydrogen (secondary N) is 1. The summed E-state index contributed by atoms with van der Waals surface area (Å²) in [6.07, 6.45) is 5.92. The number of hydrogen-bond acceptors (Lipinski definition) is 4. The molecule has 0 fully saturated rings. The number of carbonyl (C=O) groups is 2. The fraction of sp³-hybridized carbons (Fsp3) is 0.421. The monoisotopic (exact) mass is 357 g/mol. The summed E-state index contributed by atoms with van der Waals surface area (Å²) in [5.74, 6) is -0.171. The van der Waals surface area contributed by atoms with Crippen molar-refractivity contribution in [2.75, 3.05) is 5.32 Å². The summed E-state index contributed by atoms with van der Waals surface area (Å²) in [5, 5.41) is 3.43. The first-order valence-electron chi connectivity index (χ1n) is 8.43. The van der Waals surface area contributed by atoms with E-state index in [2.05, 4.69) is 31.1 Å². The van der Waals surface area contributed by atoms with Crippen LogP contribution in [0.5, 0.6) is 0 Å². The molecule has 1 aliphatic carbocycles. The number of primary amides is 1. The van der Waals surface area contributed by atoms with Gasteiger partial charge in [0.2, 0.25) is 0 Å². The summed E-state index contributed by atoms with van der Waals surface area (Å²) in [7, 11) is 0. The predicted octanol–water partition coefficient (Wildman–Crippen LogP) is 3.65. The van der Waals surface area contributed by atoms with E-state index >= 15 is 0 Å². The Bertz CT molecular complexity index is 806. The first-order valence-corrected chi connectivity index (χ1v) is 9.24. The highest BCUT2D eigenvalue weighted by atomic mass is 32.1. The van der Waals surface area contributed by atoms with E-state index in [-0.39, 0.29) is 11.3 Å². The van der Waals surface area contributed by atoms with Gasteiger partial charge in [-0.2, -0.15) is 0 Å². The van der Waals surface area contributed by atoms with Crippen LogP contribution in [0.2, 0.25) is 0 Å². The molecular weight excluding hydrogens is 334 g/mol. The summed E-state index contributed by atoms with van der Waals surface area (Å²) >= 11 is 1.48. The Morgan fingerprint density at radius 3 is 2.56 bits per heavy atom. The van der Waals surface area contributed by atoms with Crippen molar-refractivity contribution in [3.8, 4) is 0 Å². The van der Waals surface area contributed by atoms with Crippen molar-refractivity contribution in [1.29, 1.82) is 0 Å². The van der Waals surface area contributed by atoms with Gasteiger partial charge in [-0.3, -0.25) is 14.6 Å². The van der Waals surface area contributed by atoms with Gasteiger partial charge in [-0.1, -0.05) is 20.8 Å². The lowest BCUT2D eigenvalue weighted by Crippen LogP contribution is -2.27. The zero-order chi connectivity index (χ0) is 18.2. The van der Waals surface area contributed by atoms with Crippen molar-refractivity contribution in [2.45, 2.75) is 40.0 Å². The van der Waals surface area contributed by atoms with Crippen LogP contribution in [0.1, 0.15) is 58.3 Å². The second-order valence-corrected chi connectivity index (χ2v) is 8.67. The minimum Gasteiger partial charge on any atom is -0.365 e. The van der Waals surface area contributed by atoms with E-state index in [9.17, 15) is 9.59 Å². The molecule has 0 aliphatic heterocycles. The van der Waals surface area contributed by atoms with Crippen molar-refractivity contribution in [2.24, 2.45) is 17.1 Å². The lowest BCUT2D eigenvalue weighted by atomic mass is 9.72. The van der Waals surface area contributed by atoms with Gasteiger partial charge in [0.15, 0.2) is 0 Å². The van der Waals surface area contributed by atoms with Crippen LogP contribution in [0.4, 0.5) is 5.00 Å². The van der Waals surface area contributed by atoms with E-state index in [4.69, 9.17) is 5.73 Å². The normalized spacial score (nSPS) is 17.0. The number of carbonyl (C=O) groups excluding carboxylic acids is 2. The highest BCUT2D eigenvalue weighted by Gasteiger charge is 2.33. The molecule has 132 valence electrons. The first kappa shape index (κ1) is 17.6. The van der Waals surface area contributed by atoms with Crippen LogP contribution in [0, 0.1) is 11.3 Å². The summed E-state index contributed by atoms with van der Waals surface area (Å²) < 4.78 is 0. The fourth-order valence-corrected chi connectivity index (χ4v) is 4.68. The van der Waals surface area contributed by atoms with Gasteiger partial charge in [-0.05, 0) is 48.3 Å². The number of amides is 2. The number of nitrogens with zero attached hydrogens (tertiary/aromatic N) is 1. The van der Waals surface area contributed by atoms with Crippen molar-refractivity contribution in [3.05, 3.63) is 46.1 Å². The van der Waals surface area contributed by atoms with Gasteiger partial charge in [0, 0.05) is 22.8 Å². The van der Waals surface area contributed by atoms with Crippen LogP contribution in [0.25, 0.3) is 0 Å². The Balaban J connectivity index is 1.92.